The number of hydrogen-bond donors (Lipinski definition) is 2. The average Bonchev–Trinajstić information content (AvgIpc) is 2.93. The number of carbonyl (C=O) groups is 2. The summed E-state index contributed by atoms with van der Waals surface area (Å²) in [5.41, 5.74) is 0.141. The maximum absolute atomic E-state index is 12.4. The van der Waals surface area contributed by atoms with Crippen molar-refractivity contribution in [2.45, 2.75) is 115 Å². The van der Waals surface area contributed by atoms with Crippen molar-refractivity contribution >= 4 is 11.8 Å². The summed E-state index contributed by atoms with van der Waals surface area (Å²) in [5, 5.41) is 21.1. The van der Waals surface area contributed by atoms with Gasteiger partial charge in [0.15, 0.2) is 0 Å². The largest absolute Gasteiger partial charge is 0.469 e. The number of carbonyl (C=O) groups excluding carboxylic acids is 2. The molecule has 0 radical (unpaired) electrons. The van der Waals surface area contributed by atoms with Gasteiger partial charge in [-0.25, -0.2) is 0 Å². The van der Waals surface area contributed by atoms with E-state index in [1.165, 1.54) is 13.5 Å². The molecule has 5 nitrogen and oxygen atoms in total. The van der Waals surface area contributed by atoms with Crippen molar-refractivity contribution in [1.82, 2.24) is 0 Å². The van der Waals surface area contributed by atoms with Gasteiger partial charge >= 0.3 is 5.97 Å². The van der Waals surface area contributed by atoms with Gasteiger partial charge in [0.25, 0.3) is 0 Å². The van der Waals surface area contributed by atoms with E-state index in [4.69, 9.17) is 0 Å². The fourth-order valence-corrected chi connectivity index (χ4v) is 5.61. The molecule has 0 amide bonds. The molecule has 2 aliphatic rings. The number of Topliss-reactive ketones (excluding diaryl/α,β-unsaturated/α-hetero) is 1. The normalized spacial score (nSPS) is 26.9. The average molecular weight is 411 g/mol. The molecule has 2 N–H and O–H groups in total. The first kappa shape index (κ1) is 24.3. The SMILES string of the molecule is CCCC1([C@H](O)CCC[C@H]2[C@H](O)CC(=O)[C@H]2CCCCCCC(=O)OC)CCC1. The maximum Gasteiger partial charge on any atom is 0.305 e. The Morgan fingerprint density at radius 3 is 2.52 bits per heavy atom. The van der Waals surface area contributed by atoms with Gasteiger partial charge in [-0.2, -0.15) is 0 Å². The van der Waals surface area contributed by atoms with Crippen LogP contribution in [0.4, 0.5) is 0 Å². The van der Waals surface area contributed by atoms with Crippen LogP contribution in [0.15, 0.2) is 0 Å². The summed E-state index contributed by atoms with van der Waals surface area (Å²) in [6, 6.07) is 0. The van der Waals surface area contributed by atoms with Gasteiger partial charge in [0, 0.05) is 18.8 Å². The van der Waals surface area contributed by atoms with Gasteiger partial charge in [0.1, 0.15) is 5.78 Å². The Bertz CT molecular complexity index is 513. The van der Waals surface area contributed by atoms with Gasteiger partial charge in [-0.3, -0.25) is 9.59 Å². The highest BCUT2D eigenvalue weighted by Gasteiger charge is 2.43. The monoisotopic (exact) mass is 410 g/mol. The summed E-state index contributed by atoms with van der Waals surface area (Å²) >= 11 is 0. The molecule has 2 aliphatic carbocycles. The van der Waals surface area contributed by atoms with Crippen molar-refractivity contribution in [2.24, 2.45) is 17.3 Å². The van der Waals surface area contributed by atoms with Gasteiger partial charge < -0.3 is 14.9 Å². The first-order valence-corrected chi connectivity index (χ1v) is 11.9. The second kappa shape index (κ2) is 12.0. The number of rotatable bonds is 14. The lowest BCUT2D eigenvalue weighted by Crippen LogP contribution is -2.41. The molecule has 0 saturated heterocycles. The number of esters is 1. The Balaban J connectivity index is 1.70. The number of aliphatic hydroxyl groups excluding tert-OH is 2. The van der Waals surface area contributed by atoms with Crippen LogP contribution in [0, 0.1) is 17.3 Å². The van der Waals surface area contributed by atoms with Crippen LogP contribution in [0.5, 0.6) is 0 Å². The van der Waals surface area contributed by atoms with E-state index in [1.807, 2.05) is 0 Å². The Hall–Kier alpha value is -0.940. The van der Waals surface area contributed by atoms with Crippen LogP contribution in [0.25, 0.3) is 0 Å². The van der Waals surface area contributed by atoms with Crippen molar-refractivity contribution < 1.29 is 24.5 Å². The molecular formula is C24H42O5. The van der Waals surface area contributed by atoms with Crippen LogP contribution < -0.4 is 0 Å². The van der Waals surface area contributed by atoms with Gasteiger partial charge in [-0.05, 0) is 56.3 Å². The summed E-state index contributed by atoms with van der Waals surface area (Å²) in [6.45, 7) is 2.19. The fraction of sp³-hybridized carbons (Fsp3) is 0.917. The molecule has 0 heterocycles. The van der Waals surface area contributed by atoms with Crippen molar-refractivity contribution in [3.8, 4) is 0 Å². The second-order valence-corrected chi connectivity index (χ2v) is 9.45. The minimum absolute atomic E-state index is 0.0314. The van der Waals surface area contributed by atoms with Crippen LogP contribution in [-0.4, -0.2) is 41.3 Å². The van der Waals surface area contributed by atoms with E-state index < -0.39 is 6.10 Å². The van der Waals surface area contributed by atoms with E-state index >= 15 is 0 Å². The first-order valence-electron chi connectivity index (χ1n) is 11.9. The van der Waals surface area contributed by atoms with Crippen molar-refractivity contribution in [3.63, 3.8) is 0 Å². The molecule has 2 rings (SSSR count). The quantitative estimate of drug-likeness (QED) is 0.324. The molecule has 0 bridgehead atoms. The van der Waals surface area contributed by atoms with Crippen LogP contribution in [0.2, 0.25) is 0 Å². The second-order valence-electron chi connectivity index (χ2n) is 9.45. The molecule has 2 fully saturated rings. The molecule has 4 atom stereocenters. The Kier molecular flexibility index (Phi) is 10.1. The highest BCUT2D eigenvalue weighted by molar-refractivity contribution is 5.84. The fourth-order valence-electron chi connectivity index (χ4n) is 5.61. The van der Waals surface area contributed by atoms with Crippen molar-refractivity contribution in [1.29, 1.82) is 0 Å². The summed E-state index contributed by atoms with van der Waals surface area (Å²) in [4.78, 5) is 23.5. The number of methoxy groups -OCH3 is 1. The zero-order chi connectivity index (χ0) is 21.3. The van der Waals surface area contributed by atoms with E-state index in [9.17, 15) is 19.8 Å². The lowest BCUT2D eigenvalue weighted by molar-refractivity contribution is -0.140. The number of ether oxygens (including phenoxy) is 1. The predicted molar refractivity (Wildman–Crippen MR) is 113 cm³/mol. The summed E-state index contributed by atoms with van der Waals surface area (Å²) in [6.07, 6.45) is 12.8. The minimum Gasteiger partial charge on any atom is -0.469 e. The molecule has 0 unspecified atom stereocenters. The Morgan fingerprint density at radius 2 is 1.90 bits per heavy atom. The van der Waals surface area contributed by atoms with Gasteiger partial charge in [0.05, 0.1) is 19.3 Å². The third kappa shape index (κ3) is 6.78. The molecule has 0 aromatic carbocycles. The number of aliphatic hydroxyl groups is 2. The number of ketones is 1. The topological polar surface area (TPSA) is 83.8 Å². The number of unbranched alkanes of at least 4 members (excludes halogenated alkanes) is 3. The van der Waals surface area contributed by atoms with E-state index in [-0.39, 0.29) is 35.1 Å². The van der Waals surface area contributed by atoms with Gasteiger partial charge in [0.2, 0.25) is 0 Å². The van der Waals surface area contributed by atoms with Crippen molar-refractivity contribution in [2.75, 3.05) is 7.11 Å². The van der Waals surface area contributed by atoms with E-state index in [1.54, 1.807) is 0 Å². The van der Waals surface area contributed by atoms with Crippen molar-refractivity contribution in [3.05, 3.63) is 0 Å². The zero-order valence-corrected chi connectivity index (χ0v) is 18.5. The molecule has 2 saturated carbocycles. The molecule has 0 aliphatic heterocycles. The maximum atomic E-state index is 12.4. The highest BCUT2D eigenvalue weighted by Crippen LogP contribution is 2.49. The third-order valence-electron chi connectivity index (χ3n) is 7.53. The molecule has 0 aromatic heterocycles. The third-order valence-corrected chi connectivity index (χ3v) is 7.53. The highest BCUT2D eigenvalue weighted by atomic mass is 16.5. The van der Waals surface area contributed by atoms with Gasteiger partial charge in [-0.1, -0.05) is 45.4 Å². The molecule has 5 heteroatoms. The standard InChI is InChI=1S/C24H42O5/c1-3-14-24(15-9-16-24)22(27)12-8-11-19-18(20(25)17-21(19)26)10-6-4-5-7-13-23(28)29-2/h18-19,21-22,26-27H,3-17H2,1-2H3/t18-,19+,21+,22+/m0/s1. The predicted octanol–water partition coefficient (Wildman–Crippen LogP) is 4.57. The summed E-state index contributed by atoms with van der Waals surface area (Å²) in [7, 11) is 1.41. The van der Waals surface area contributed by atoms with Crippen LogP contribution >= 0.6 is 0 Å². The molecule has 0 spiro atoms. The van der Waals surface area contributed by atoms with Crippen LogP contribution in [-0.2, 0) is 14.3 Å². The smallest absolute Gasteiger partial charge is 0.305 e. The molecule has 168 valence electrons. The molecular weight excluding hydrogens is 368 g/mol. The van der Waals surface area contributed by atoms with Gasteiger partial charge in [-0.15, -0.1) is 0 Å². The summed E-state index contributed by atoms with van der Waals surface area (Å²) in [5.74, 6) is 0.0624. The first-order chi connectivity index (χ1) is 13.9. The Labute approximate surface area is 176 Å². The van der Waals surface area contributed by atoms with E-state index in [2.05, 4.69) is 11.7 Å². The molecule has 0 aromatic rings. The van der Waals surface area contributed by atoms with E-state index in [0.717, 1.165) is 77.0 Å². The van der Waals surface area contributed by atoms with E-state index in [0.29, 0.717) is 12.8 Å². The summed E-state index contributed by atoms with van der Waals surface area (Å²) < 4.78 is 4.65. The lowest BCUT2D eigenvalue weighted by Gasteiger charge is -2.46. The number of hydrogen-bond acceptors (Lipinski definition) is 5. The van der Waals surface area contributed by atoms with Crippen LogP contribution in [0.1, 0.15) is 103 Å². The lowest BCUT2D eigenvalue weighted by atomic mass is 9.61. The Morgan fingerprint density at radius 1 is 1.17 bits per heavy atom. The zero-order valence-electron chi connectivity index (χ0n) is 18.5. The van der Waals surface area contributed by atoms with Crippen LogP contribution in [0.3, 0.4) is 0 Å². The minimum atomic E-state index is -0.516. The molecule has 29 heavy (non-hydrogen) atoms.